The maximum atomic E-state index is 11.3. The van der Waals surface area contributed by atoms with Crippen LogP contribution in [0.25, 0.3) is 0 Å². The number of ketones is 1. The molecule has 0 bridgehead atoms. The van der Waals surface area contributed by atoms with Crippen molar-refractivity contribution in [1.82, 2.24) is 4.90 Å². The molecule has 0 amide bonds. The van der Waals surface area contributed by atoms with Crippen molar-refractivity contribution >= 4 is 17.4 Å². The van der Waals surface area contributed by atoms with Crippen molar-refractivity contribution in [3.63, 3.8) is 0 Å². The zero-order chi connectivity index (χ0) is 14.1. The average molecular weight is 294 g/mol. The summed E-state index contributed by atoms with van der Waals surface area (Å²) in [6, 6.07) is 4.51. The van der Waals surface area contributed by atoms with E-state index in [4.69, 9.17) is 16.3 Å². The lowest BCUT2D eigenvalue weighted by atomic mass is 9.93. The van der Waals surface area contributed by atoms with Crippen LogP contribution in [-0.4, -0.2) is 30.4 Å². The van der Waals surface area contributed by atoms with E-state index in [9.17, 15) is 4.79 Å². The smallest absolute Gasteiger partial charge is 0.133 e. The molecule has 0 saturated heterocycles. The summed E-state index contributed by atoms with van der Waals surface area (Å²) >= 11 is 6.20. The molecular formula is C16H20ClNO2. The molecule has 1 saturated carbocycles. The molecule has 1 aromatic carbocycles. The molecule has 1 aliphatic carbocycles. The summed E-state index contributed by atoms with van der Waals surface area (Å²) in [7, 11) is 2.13. The van der Waals surface area contributed by atoms with Crippen LogP contribution in [0, 0.1) is 0 Å². The van der Waals surface area contributed by atoms with Gasteiger partial charge in [0.2, 0.25) is 0 Å². The van der Waals surface area contributed by atoms with Crippen LogP contribution in [0.1, 0.15) is 36.8 Å². The van der Waals surface area contributed by atoms with Gasteiger partial charge in [-0.25, -0.2) is 0 Å². The predicted molar refractivity (Wildman–Crippen MR) is 79.4 cm³/mol. The third-order valence-electron chi connectivity index (χ3n) is 4.38. The van der Waals surface area contributed by atoms with Crippen LogP contribution in [0.5, 0.6) is 5.75 Å². The van der Waals surface area contributed by atoms with E-state index in [-0.39, 0.29) is 0 Å². The molecule has 4 heteroatoms. The highest BCUT2D eigenvalue weighted by molar-refractivity contribution is 6.30. The van der Waals surface area contributed by atoms with Crippen LogP contribution < -0.4 is 4.74 Å². The van der Waals surface area contributed by atoms with Gasteiger partial charge in [0.1, 0.15) is 11.5 Å². The van der Waals surface area contributed by atoms with E-state index in [1.807, 2.05) is 12.1 Å². The van der Waals surface area contributed by atoms with Gasteiger partial charge in [-0.3, -0.25) is 9.69 Å². The molecule has 1 aromatic rings. The molecule has 1 fully saturated rings. The van der Waals surface area contributed by atoms with Gasteiger partial charge >= 0.3 is 0 Å². The van der Waals surface area contributed by atoms with E-state index in [1.54, 1.807) is 0 Å². The second-order valence-electron chi connectivity index (χ2n) is 5.84. The third kappa shape index (κ3) is 2.84. The Hall–Kier alpha value is -1.06. The van der Waals surface area contributed by atoms with Gasteiger partial charge in [-0.15, -0.1) is 0 Å². The van der Waals surface area contributed by atoms with Crippen molar-refractivity contribution in [2.75, 3.05) is 13.7 Å². The number of carbonyl (C=O) groups excluding carboxylic acids is 1. The molecule has 2 aliphatic rings. The topological polar surface area (TPSA) is 29.5 Å². The van der Waals surface area contributed by atoms with Gasteiger partial charge in [-0.2, -0.15) is 0 Å². The highest BCUT2D eigenvalue weighted by Gasteiger charge is 2.24. The molecule has 108 valence electrons. The molecule has 0 atom stereocenters. The van der Waals surface area contributed by atoms with Crippen molar-refractivity contribution in [1.29, 1.82) is 0 Å². The Morgan fingerprint density at radius 2 is 2.05 bits per heavy atom. The van der Waals surface area contributed by atoms with Crippen molar-refractivity contribution in [3.05, 3.63) is 28.3 Å². The largest absolute Gasteiger partial charge is 0.493 e. The first-order chi connectivity index (χ1) is 9.63. The zero-order valence-electron chi connectivity index (χ0n) is 11.8. The summed E-state index contributed by atoms with van der Waals surface area (Å²) in [6.45, 7) is 1.59. The number of nitrogens with zero attached hydrogens (tertiary/aromatic N) is 1. The fourth-order valence-electron chi connectivity index (χ4n) is 3.23. The normalized spacial score (nSPS) is 19.2. The number of ether oxygens (including phenoxy) is 1. The van der Waals surface area contributed by atoms with E-state index < -0.39 is 0 Å². The third-order valence-corrected chi connectivity index (χ3v) is 4.60. The first-order valence-corrected chi connectivity index (χ1v) is 7.67. The van der Waals surface area contributed by atoms with Gasteiger partial charge in [0.05, 0.1) is 6.61 Å². The molecule has 3 nitrogen and oxygen atoms in total. The van der Waals surface area contributed by atoms with E-state index in [2.05, 4.69) is 11.9 Å². The standard InChI is InChI=1S/C16H20ClNO2/c1-18(14-2-4-15(19)5-3-14)10-12-9-13(17)8-11-6-7-20-16(11)12/h8-9,14H,2-7,10H2,1H3. The maximum absolute atomic E-state index is 11.3. The molecule has 0 radical (unpaired) electrons. The van der Waals surface area contributed by atoms with Crippen LogP contribution in [0.2, 0.25) is 5.02 Å². The molecule has 1 aliphatic heterocycles. The molecular weight excluding hydrogens is 274 g/mol. The number of hydrogen-bond acceptors (Lipinski definition) is 3. The van der Waals surface area contributed by atoms with Gasteiger partial charge in [0.15, 0.2) is 0 Å². The van der Waals surface area contributed by atoms with Crippen LogP contribution in [0.3, 0.4) is 0 Å². The Morgan fingerprint density at radius 1 is 1.30 bits per heavy atom. The van der Waals surface area contributed by atoms with Crippen LogP contribution in [0.4, 0.5) is 0 Å². The van der Waals surface area contributed by atoms with Crippen molar-refractivity contribution in [2.24, 2.45) is 0 Å². The number of carbonyl (C=O) groups is 1. The molecule has 1 heterocycles. The summed E-state index contributed by atoms with van der Waals surface area (Å²) in [5.41, 5.74) is 2.39. The molecule has 0 unspecified atom stereocenters. The van der Waals surface area contributed by atoms with Crippen molar-refractivity contribution in [2.45, 2.75) is 44.7 Å². The highest BCUT2D eigenvalue weighted by atomic mass is 35.5. The van der Waals surface area contributed by atoms with Gasteiger partial charge in [-0.05, 0) is 37.6 Å². The number of fused-ring (bicyclic) bond motifs is 1. The number of halogens is 1. The predicted octanol–water partition coefficient (Wildman–Crippen LogP) is 3.22. The second-order valence-corrected chi connectivity index (χ2v) is 6.27. The van der Waals surface area contributed by atoms with Crippen molar-refractivity contribution in [3.8, 4) is 5.75 Å². The molecule has 0 N–H and O–H groups in total. The Bertz CT molecular complexity index is 519. The molecule has 0 aromatic heterocycles. The lowest BCUT2D eigenvalue weighted by Gasteiger charge is -2.31. The van der Waals surface area contributed by atoms with Gasteiger partial charge in [0, 0.05) is 42.4 Å². The molecule has 0 spiro atoms. The van der Waals surface area contributed by atoms with Gasteiger partial charge in [-0.1, -0.05) is 11.6 Å². The summed E-state index contributed by atoms with van der Waals surface area (Å²) < 4.78 is 5.75. The lowest BCUT2D eigenvalue weighted by molar-refractivity contribution is -0.121. The summed E-state index contributed by atoms with van der Waals surface area (Å²) in [5, 5.41) is 0.788. The van der Waals surface area contributed by atoms with E-state index in [0.29, 0.717) is 11.8 Å². The molecule has 3 rings (SSSR count). The van der Waals surface area contributed by atoms with Crippen LogP contribution in [-0.2, 0) is 17.8 Å². The SMILES string of the molecule is CN(Cc1cc(Cl)cc2c1OCC2)C1CCC(=O)CC1. The number of benzene rings is 1. The van der Waals surface area contributed by atoms with Gasteiger partial charge < -0.3 is 4.74 Å². The first kappa shape index (κ1) is 13.9. The summed E-state index contributed by atoms with van der Waals surface area (Å²) in [4.78, 5) is 13.7. The number of hydrogen-bond donors (Lipinski definition) is 0. The van der Waals surface area contributed by atoms with E-state index in [0.717, 1.165) is 56.0 Å². The highest BCUT2D eigenvalue weighted by Crippen LogP contribution is 2.34. The zero-order valence-corrected chi connectivity index (χ0v) is 12.6. The summed E-state index contributed by atoms with van der Waals surface area (Å²) in [6.07, 6.45) is 4.33. The minimum absolute atomic E-state index is 0.404. The number of rotatable bonds is 3. The Kier molecular flexibility index (Phi) is 3.99. The lowest BCUT2D eigenvalue weighted by Crippen LogP contribution is -2.34. The minimum Gasteiger partial charge on any atom is -0.493 e. The average Bonchev–Trinajstić information content (AvgIpc) is 2.87. The van der Waals surface area contributed by atoms with Crippen molar-refractivity contribution < 1.29 is 9.53 Å². The van der Waals surface area contributed by atoms with Crippen LogP contribution in [0.15, 0.2) is 12.1 Å². The Labute approximate surface area is 124 Å². The second kappa shape index (κ2) is 5.74. The Morgan fingerprint density at radius 3 is 2.80 bits per heavy atom. The first-order valence-electron chi connectivity index (χ1n) is 7.29. The Balaban J connectivity index is 1.73. The fourth-order valence-corrected chi connectivity index (χ4v) is 3.49. The molecule has 20 heavy (non-hydrogen) atoms. The van der Waals surface area contributed by atoms with Crippen LogP contribution >= 0.6 is 11.6 Å². The fraction of sp³-hybridized carbons (Fsp3) is 0.562. The van der Waals surface area contributed by atoms with E-state index >= 15 is 0 Å². The monoisotopic (exact) mass is 293 g/mol. The maximum Gasteiger partial charge on any atom is 0.133 e. The summed E-state index contributed by atoms with van der Waals surface area (Å²) in [5.74, 6) is 1.43. The quantitative estimate of drug-likeness (QED) is 0.857. The van der Waals surface area contributed by atoms with E-state index in [1.165, 1.54) is 11.1 Å². The van der Waals surface area contributed by atoms with Gasteiger partial charge in [0.25, 0.3) is 0 Å². The minimum atomic E-state index is 0.404. The number of Topliss-reactive ketones (excluding diaryl/α,β-unsaturated/α-hetero) is 1.